The van der Waals surface area contributed by atoms with E-state index in [-0.39, 0.29) is 5.91 Å². The van der Waals surface area contributed by atoms with E-state index in [1.807, 2.05) is 19.2 Å². The topological polar surface area (TPSA) is 48.5 Å². The van der Waals surface area contributed by atoms with Gasteiger partial charge in [-0.25, -0.2) is 0 Å². The number of amides is 1. The van der Waals surface area contributed by atoms with Crippen LogP contribution in [0.5, 0.6) is 0 Å². The highest BCUT2D eigenvalue weighted by Crippen LogP contribution is 2.03. The molecule has 104 valence electrons. The summed E-state index contributed by atoms with van der Waals surface area (Å²) in [7, 11) is 1.85. The fourth-order valence-corrected chi connectivity index (χ4v) is 2.23. The molecule has 5 nitrogen and oxygen atoms in total. The molecule has 1 saturated heterocycles. The summed E-state index contributed by atoms with van der Waals surface area (Å²) in [6.07, 6.45) is 4.66. The minimum atomic E-state index is 0.172. The third-order valence-electron chi connectivity index (χ3n) is 3.36. The van der Waals surface area contributed by atoms with Crippen LogP contribution in [0.1, 0.15) is 12.0 Å². The first-order chi connectivity index (χ1) is 9.25. The molecule has 0 spiro atoms. The second kappa shape index (κ2) is 7.21. The summed E-state index contributed by atoms with van der Waals surface area (Å²) in [4.78, 5) is 20.2. The van der Waals surface area contributed by atoms with Crippen LogP contribution in [0.25, 0.3) is 0 Å². The zero-order valence-corrected chi connectivity index (χ0v) is 11.5. The number of aromatic nitrogens is 1. The second-order valence-corrected chi connectivity index (χ2v) is 4.99. The molecule has 1 fully saturated rings. The Bertz CT molecular complexity index is 388. The number of rotatable bonds is 4. The van der Waals surface area contributed by atoms with Gasteiger partial charge in [0, 0.05) is 39.1 Å². The molecule has 0 aliphatic carbocycles. The first-order valence-corrected chi connectivity index (χ1v) is 6.81. The van der Waals surface area contributed by atoms with Gasteiger partial charge in [0.25, 0.3) is 0 Å². The van der Waals surface area contributed by atoms with Crippen molar-refractivity contribution in [1.82, 2.24) is 20.1 Å². The summed E-state index contributed by atoms with van der Waals surface area (Å²) < 4.78 is 0. The number of likely N-dealkylation sites (N-methyl/N-ethyl adjacent to an activating group) is 1. The third-order valence-corrected chi connectivity index (χ3v) is 3.36. The summed E-state index contributed by atoms with van der Waals surface area (Å²) in [5, 5.41) is 3.34. The summed E-state index contributed by atoms with van der Waals surface area (Å²) in [6.45, 7) is 5.11. The summed E-state index contributed by atoms with van der Waals surface area (Å²) in [5.74, 6) is 0.172. The molecule has 0 saturated carbocycles. The molecule has 1 aliphatic heterocycles. The van der Waals surface area contributed by atoms with Crippen molar-refractivity contribution in [3.63, 3.8) is 0 Å². The van der Waals surface area contributed by atoms with Crippen molar-refractivity contribution < 1.29 is 4.79 Å². The molecule has 5 heteroatoms. The van der Waals surface area contributed by atoms with Crippen molar-refractivity contribution in [2.75, 3.05) is 39.8 Å². The van der Waals surface area contributed by atoms with Crippen LogP contribution in [0.15, 0.2) is 24.5 Å². The van der Waals surface area contributed by atoms with E-state index in [4.69, 9.17) is 0 Å². The lowest BCUT2D eigenvalue weighted by molar-refractivity contribution is -0.131. The maximum atomic E-state index is 12.2. The molecule has 19 heavy (non-hydrogen) atoms. The van der Waals surface area contributed by atoms with Gasteiger partial charge < -0.3 is 10.2 Å². The Morgan fingerprint density at radius 3 is 3.16 bits per heavy atom. The lowest BCUT2D eigenvalue weighted by Gasteiger charge is -2.23. The van der Waals surface area contributed by atoms with Gasteiger partial charge in [0.15, 0.2) is 0 Å². The van der Waals surface area contributed by atoms with Crippen molar-refractivity contribution in [2.24, 2.45) is 0 Å². The molecular formula is C14H22N4O. The largest absolute Gasteiger partial charge is 0.340 e. The summed E-state index contributed by atoms with van der Waals surface area (Å²) >= 11 is 0. The Morgan fingerprint density at radius 1 is 1.47 bits per heavy atom. The van der Waals surface area contributed by atoms with E-state index in [2.05, 4.69) is 15.2 Å². The lowest BCUT2D eigenvalue weighted by atomic mass is 10.2. The van der Waals surface area contributed by atoms with Gasteiger partial charge in [-0.15, -0.1) is 0 Å². The minimum absolute atomic E-state index is 0.172. The predicted molar refractivity (Wildman–Crippen MR) is 74.6 cm³/mol. The van der Waals surface area contributed by atoms with E-state index >= 15 is 0 Å². The van der Waals surface area contributed by atoms with Crippen LogP contribution in [0.4, 0.5) is 0 Å². The van der Waals surface area contributed by atoms with Crippen molar-refractivity contribution in [2.45, 2.75) is 13.0 Å². The molecule has 0 unspecified atom stereocenters. The number of carbonyl (C=O) groups excluding carboxylic acids is 1. The molecule has 0 bridgehead atoms. The predicted octanol–water partition coefficient (Wildman–Crippen LogP) is 0.335. The minimum Gasteiger partial charge on any atom is -0.340 e. The molecule has 0 radical (unpaired) electrons. The summed E-state index contributed by atoms with van der Waals surface area (Å²) in [6, 6.07) is 3.89. The number of hydrogen-bond acceptors (Lipinski definition) is 4. The highest BCUT2D eigenvalue weighted by Gasteiger charge is 2.15. The SMILES string of the molecule is CN(Cc1cccnc1)C(=O)CN1CCCNCC1. The first kappa shape index (κ1) is 14.0. The van der Waals surface area contributed by atoms with E-state index < -0.39 is 0 Å². The average molecular weight is 262 g/mol. The third kappa shape index (κ3) is 4.61. The van der Waals surface area contributed by atoms with Crippen LogP contribution in [0, 0.1) is 0 Å². The standard InChI is InChI=1S/C14H22N4O/c1-17(11-13-4-2-5-16-10-13)14(19)12-18-8-3-6-15-7-9-18/h2,4-5,10,15H,3,6-9,11-12H2,1H3. The van der Waals surface area contributed by atoms with Gasteiger partial charge in [0.2, 0.25) is 5.91 Å². The van der Waals surface area contributed by atoms with Crippen LogP contribution in [-0.2, 0) is 11.3 Å². The molecule has 0 aromatic carbocycles. The zero-order valence-electron chi connectivity index (χ0n) is 11.5. The van der Waals surface area contributed by atoms with Crippen molar-refractivity contribution in [3.05, 3.63) is 30.1 Å². The van der Waals surface area contributed by atoms with Gasteiger partial charge in [0.05, 0.1) is 6.54 Å². The fraction of sp³-hybridized carbons (Fsp3) is 0.571. The Kier molecular flexibility index (Phi) is 5.30. The number of nitrogens with zero attached hydrogens (tertiary/aromatic N) is 3. The van der Waals surface area contributed by atoms with E-state index in [1.165, 1.54) is 0 Å². The van der Waals surface area contributed by atoms with E-state index in [0.717, 1.165) is 38.2 Å². The van der Waals surface area contributed by atoms with Crippen LogP contribution < -0.4 is 5.32 Å². The van der Waals surface area contributed by atoms with Crippen LogP contribution >= 0.6 is 0 Å². The highest BCUT2D eigenvalue weighted by molar-refractivity contribution is 5.78. The smallest absolute Gasteiger partial charge is 0.236 e. The van der Waals surface area contributed by atoms with E-state index in [1.54, 1.807) is 17.3 Å². The number of nitrogens with one attached hydrogen (secondary N) is 1. The Balaban J connectivity index is 1.81. The highest BCUT2D eigenvalue weighted by atomic mass is 16.2. The van der Waals surface area contributed by atoms with Crippen LogP contribution in [0.2, 0.25) is 0 Å². The maximum absolute atomic E-state index is 12.2. The maximum Gasteiger partial charge on any atom is 0.236 e. The Labute approximate surface area is 114 Å². The van der Waals surface area contributed by atoms with Gasteiger partial charge in [-0.2, -0.15) is 0 Å². The number of hydrogen-bond donors (Lipinski definition) is 1. The molecule has 0 atom stereocenters. The summed E-state index contributed by atoms with van der Waals surface area (Å²) in [5.41, 5.74) is 1.07. The van der Waals surface area contributed by atoms with Crippen molar-refractivity contribution in [3.8, 4) is 0 Å². The molecule has 1 aromatic heterocycles. The van der Waals surface area contributed by atoms with Crippen molar-refractivity contribution >= 4 is 5.91 Å². The first-order valence-electron chi connectivity index (χ1n) is 6.81. The van der Waals surface area contributed by atoms with Gasteiger partial charge >= 0.3 is 0 Å². The average Bonchev–Trinajstić information content (AvgIpc) is 2.68. The molecule has 1 N–H and O–H groups in total. The normalized spacial score (nSPS) is 16.9. The molecule has 2 heterocycles. The lowest BCUT2D eigenvalue weighted by Crippen LogP contribution is -2.39. The number of carbonyl (C=O) groups is 1. The Hall–Kier alpha value is -1.46. The molecule has 1 aliphatic rings. The molecule has 2 rings (SSSR count). The quantitative estimate of drug-likeness (QED) is 0.850. The van der Waals surface area contributed by atoms with Gasteiger partial charge in [-0.05, 0) is 31.1 Å². The van der Waals surface area contributed by atoms with Crippen LogP contribution in [0.3, 0.4) is 0 Å². The fourth-order valence-electron chi connectivity index (χ4n) is 2.23. The van der Waals surface area contributed by atoms with E-state index in [9.17, 15) is 4.79 Å². The van der Waals surface area contributed by atoms with Gasteiger partial charge in [-0.1, -0.05) is 6.07 Å². The molecule has 1 aromatic rings. The zero-order chi connectivity index (χ0) is 13.5. The van der Waals surface area contributed by atoms with Gasteiger partial charge in [-0.3, -0.25) is 14.7 Å². The molecule has 1 amide bonds. The van der Waals surface area contributed by atoms with E-state index in [0.29, 0.717) is 13.1 Å². The van der Waals surface area contributed by atoms with Crippen LogP contribution in [-0.4, -0.2) is 60.5 Å². The number of pyridine rings is 1. The van der Waals surface area contributed by atoms with Gasteiger partial charge in [0.1, 0.15) is 0 Å². The second-order valence-electron chi connectivity index (χ2n) is 4.99. The Morgan fingerprint density at radius 2 is 2.37 bits per heavy atom. The van der Waals surface area contributed by atoms with Crippen molar-refractivity contribution in [1.29, 1.82) is 0 Å². The monoisotopic (exact) mass is 262 g/mol. The molecular weight excluding hydrogens is 240 g/mol.